The van der Waals surface area contributed by atoms with Gasteiger partial charge in [-0.1, -0.05) is 0 Å². The number of non-ortho nitro benzene ring substituents is 1. The van der Waals surface area contributed by atoms with E-state index in [1.807, 2.05) is 4.72 Å². The summed E-state index contributed by atoms with van der Waals surface area (Å²) < 4.78 is 36.3. The number of hydrogen-bond donors (Lipinski definition) is 1. The molecule has 0 bridgehead atoms. The van der Waals surface area contributed by atoms with Gasteiger partial charge in [-0.2, -0.15) is 0 Å². The second-order valence-electron chi connectivity index (χ2n) is 2.83. The summed E-state index contributed by atoms with van der Waals surface area (Å²) in [6.45, 7) is 0. The van der Waals surface area contributed by atoms with Gasteiger partial charge >= 0.3 is 0 Å². The molecule has 1 aromatic rings. The van der Waals surface area contributed by atoms with Crippen LogP contribution in [-0.2, 0) is 10.0 Å². The summed E-state index contributed by atoms with van der Waals surface area (Å²) in [5.41, 5.74) is -0.689. The first-order chi connectivity index (χ1) is 6.78. The van der Waals surface area contributed by atoms with Crippen molar-refractivity contribution in [2.24, 2.45) is 0 Å². The average Bonchev–Trinajstić information content (AvgIpc) is 1.99. The molecule has 0 heterocycles. The monoisotopic (exact) mass is 234 g/mol. The highest BCUT2D eigenvalue weighted by Crippen LogP contribution is 2.20. The van der Waals surface area contributed by atoms with Crippen molar-refractivity contribution in [1.82, 2.24) is 0 Å². The van der Waals surface area contributed by atoms with Gasteiger partial charge in [-0.05, 0) is 6.07 Å². The molecule has 8 heteroatoms. The molecule has 0 radical (unpaired) electrons. The van der Waals surface area contributed by atoms with Crippen LogP contribution in [0.5, 0.6) is 0 Å². The van der Waals surface area contributed by atoms with Gasteiger partial charge in [0.2, 0.25) is 10.0 Å². The van der Waals surface area contributed by atoms with Gasteiger partial charge in [0.15, 0.2) is 0 Å². The van der Waals surface area contributed by atoms with Gasteiger partial charge in [0.05, 0.1) is 22.9 Å². The molecule has 0 amide bonds. The van der Waals surface area contributed by atoms with Crippen LogP contribution >= 0.6 is 0 Å². The van der Waals surface area contributed by atoms with Crippen LogP contribution in [0.1, 0.15) is 0 Å². The Bertz CT molecular complexity index is 500. The Hall–Kier alpha value is -1.70. The lowest BCUT2D eigenvalue weighted by atomic mass is 10.3. The van der Waals surface area contributed by atoms with Gasteiger partial charge in [0, 0.05) is 6.07 Å². The molecule has 0 aliphatic heterocycles. The number of rotatable bonds is 3. The number of nitrogens with one attached hydrogen (secondary N) is 1. The molecule has 6 nitrogen and oxygen atoms in total. The Balaban J connectivity index is 3.15. The molecule has 0 saturated heterocycles. The zero-order valence-corrected chi connectivity index (χ0v) is 8.41. The maximum atomic E-state index is 12.8. The maximum absolute atomic E-state index is 12.8. The second-order valence-corrected chi connectivity index (χ2v) is 4.58. The molecule has 1 rings (SSSR count). The van der Waals surface area contributed by atoms with E-state index in [0.717, 1.165) is 18.4 Å². The maximum Gasteiger partial charge on any atom is 0.274 e. The van der Waals surface area contributed by atoms with Crippen LogP contribution in [0.3, 0.4) is 0 Å². The number of anilines is 1. The molecule has 0 unspecified atom stereocenters. The quantitative estimate of drug-likeness (QED) is 0.626. The Labute approximate surface area is 84.9 Å². The minimum atomic E-state index is -3.58. The summed E-state index contributed by atoms with van der Waals surface area (Å²) in [6, 6.07) is 2.49. The molecule has 1 N–H and O–H groups in total. The van der Waals surface area contributed by atoms with Gasteiger partial charge in [-0.3, -0.25) is 14.8 Å². The van der Waals surface area contributed by atoms with Crippen LogP contribution < -0.4 is 4.72 Å². The Morgan fingerprint density at radius 3 is 2.47 bits per heavy atom. The number of nitrogens with zero attached hydrogens (tertiary/aromatic N) is 1. The number of nitro groups is 1. The molecular formula is C7H7FN2O4S. The predicted octanol–water partition coefficient (Wildman–Crippen LogP) is 1.11. The molecule has 1 aromatic carbocycles. The minimum Gasteiger partial charge on any atom is -0.283 e. The molecule has 0 atom stereocenters. The first-order valence-electron chi connectivity index (χ1n) is 3.71. The van der Waals surface area contributed by atoms with Gasteiger partial charge in [-0.15, -0.1) is 0 Å². The Morgan fingerprint density at radius 1 is 1.40 bits per heavy atom. The van der Waals surface area contributed by atoms with Gasteiger partial charge in [0.25, 0.3) is 5.69 Å². The van der Waals surface area contributed by atoms with E-state index in [1.165, 1.54) is 0 Å². The van der Waals surface area contributed by atoms with E-state index >= 15 is 0 Å². The summed E-state index contributed by atoms with van der Waals surface area (Å²) >= 11 is 0. The van der Waals surface area contributed by atoms with Crippen LogP contribution in [0.2, 0.25) is 0 Å². The normalized spacial score (nSPS) is 11.1. The highest BCUT2D eigenvalue weighted by molar-refractivity contribution is 7.92. The molecule has 0 aliphatic rings. The summed E-state index contributed by atoms with van der Waals surface area (Å²) in [7, 11) is -3.58. The lowest BCUT2D eigenvalue weighted by Gasteiger charge is -2.03. The third-order valence-corrected chi connectivity index (χ3v) is 2.00. The second kappa shape index (κ2) is 3.81. The third-order valence-electron chi connectivity index (χ3n) is 1.40. The highest BCUT2D eigenvalue weighted by atomic mass is 32.2. The van der Waals surface area contributed by atoms with Gasteiger partial charge < -0.3 is 0 Å². The minimum absolute atomic E-state index is 0.177. The van der Waals surface area contributed by atoms with E-state index in [0.29, 0.717) is 6.07 Å². The first kappa shape index (κ1) is 11.4. The molecule has 15 heavy (non-hydrogen) atoms. The lowest BCUT2D eigenvalue weighted by Crippen LogP contribution is -2.09. The van der Waals surface area contributed by atoms with Crippen molar-refractivity contribution in [3.8, 4) is 0 Å². The number of sulfonamides is 1. The van der Waals surface area contributed by atoms with E-state index in [4.69, 9.17) is 0 Å². The van der Waals surface area contributed by atoms with Crippen molar-refractivity contribution < 1.29 is 17.7 Å². The number of benzene rings is 1. The highest BCUT2D eigenvalue weighted by Gasteiger charge is 2.11. The SMILES string of the molecule is CS(=O)(=O)Nc1cc(F)cc([N+](=O)[O-])c1. The van der Waals surface area contributed by atoms with E-state index in [1.54, 1.807) is 0 Å². The van der Waals surface area contributed by atoms with E-state index in [9.17, 15) is 22.9 Å². The van der Waals surface area contributed by atoms with Crippen LogP contribution in [0.25, 0.3) is 0 Å². The van der Waals surface area contributed by atoms with Crippen LogP contribution in [-0.4, -0.2) is 19.6 Å². The van der Waals surface area contributed by atoms with Crippen molar-refractivity contribution in [1.29, 1.82) is 0 Å². The molecule has 0 saturated carbocycles. The summed E-state index contributed by atoms with van der Waals surface area (Å²) in [4.78, 5) is 9.52. The van der Waals surface area contributed by atoms with Crippen LogP contribution in [0.15, 0.2) is 18.2 Å². The van der Waals surface area contributed by atoms with E-state index in [2.05, 4.69) is 0 Å². The Morgan fingerprint density at radius 2 is 2.00 bits per heavy atom. The van der Waals surface area contributed by atoms with Crippen molar-refractivity contribution in [3.05, 3.63) is 34.1 Å². The third kappa shape index (κ3) is 3.50. The van der Waals surface area contributed by atoms with Crippen molar-refractivity contribution >= 4 is 21.4 Å². The van der Waals surface area contributed by atoms with Crippen molar-refractivity contribution in [2.75, 3.05) is 11.0 Å². The summed E-state index contributed by atoms with van der Waals surface area (Å²) in [6.07, 6.45) is 0.865. The van der Waals surface area contributed by atoms with E-state index < -0.39 is 26.5 Å². The average molecular weight is 234 g/mol. The molecule has 82 valence electrons. The van der Waals surface area contributed by atoms with Crippen LogP contribution in [0.4, 0.5) is 15.8 Å². The molecule has 0 spiro atoms. The first-order valence-corrected chi connectivity index (χ1v) is 5.60. The molecule has 0 fully saturated rings. The van der Waals surface area contributed by atoms with E-state index in [-0.39, 0.29) is 5.69 Å². The predicted molar refractivity (Wildman–Crippen MR) is 51.5 cm³/mol. The number of nitro benzene ring substituents is 1. The smallest absolute Gasteiger partial charge is 0.274 e. The topological polar surface area (TPSA) is 89.3 Å². The Kier molecular flexibility index (Phi) is 2.89. The fraction of sp³-hybridized carbons (Fsp3) is 0.143. The fourth-order valence-electron chi connectivity index (χ4n) is 0.953. The van der Waals surface area contributed by atoms with Crippen molar-refractivity contribution in [2.45, 2.75) is 0 Å². The zero-order chi connectivity index (χ0) is 11.6. The fourth-order valence-corrected chi connectivity index (χ4v) is 1.50. The number of halogens is 1. The molecule has 0 aromatic heterocycles. The standard InChI is InChI=1S/C7H7FN2O4S/c1-15(13,14)9-6-2-5(8)3-7(4-6)10(11)12/h2-4,9H,1H3. The van der Waals surface area contributed by atoms with Crippen molar-refractivity contribution in [3.63, 3.8) is 0 Å². The molecular weight excluding hydrogens is 227 g/mol. The summed E-state index contributed by atoms with van der Waals surface area (Å²) in [5, 5.41) is 10.3. The van der Waals surface area contributed by atoms with Gasteiger partial charge in [0.1, 0.15) is 5.82 Å². The summed E-state index contributed by atoms with van der Waals surface area (Å²) in [5.74, 6) is -0.879. The van der Waals surface area contributed by atoms with Gasteiger partial charge in [-0.25, -0.2) is 12.8 Å². The number of hydrogen-bond acceptors (Lipinski definition) is 4. The largest absolute Gasteiger partial charge is 0.283 e. The molecule has 0 aliphatic carbocycles. The lowest BCUT2D eigenvalue weighted by molar-refractivity contribution is -0.385. The zero-order valence-electron chi connectivity index (χ0n) is 7.60. The van der Waals surface area contributed by atoms with Crippen LogP contribution in [0, 0.1) is 15.9 Å².